The van der Waals surface area contributed by atoms with Crippen molar-refractivity contribution in [2.24, 2.45) is 4.99 Å². The molecule has 0 aromatic heterocycles. The third-order valence-corrected chi connectivity index (χ3v) is 5.71. The van der Waals surface area contributed by atoms with Crippen molar-refractivity contribution in [3.05, 3.63) is 88.3 Å². The summed E-state index contributed by atoms with van der Waals surface area (Å²) in [6, 6.07) is 22.1. The average molecular weight is 451 g/mol. The molecular weight excluding hydrogens is 432 g/mol. The van der Waals surface area contributed by atoms with Crippen molar-refractivity contribution >= 4 is 51.9 Å². The molecule has 0 bridgehead atoms. The van der Waals surface area contributed by atoms with Crippen LogP contribution in [0.4, 0.5) is 11.4 Å². The standard InChI is InChI=1S/C24H19ClN2O3S/c1-2-30-20-14-16(13-19(25)22(20)28)15-21-23(29)27(18-11-7-4-8-12-18)24(31-21)26-17-9-5-3-6-10-17/h3-15,28H,2H2,1H3/b21-15-,26-24?. The number of para-hydroxylation sites is 2. The van der Waals surface area contributed by atoms with Gasteiger partial charge in [0.05, 0.1) is 27.9 Å². The van der Waals surface area contributed by atoms with Gasteiger partial charge in [-0.15, -0.1) is 0 Å². The number of amidine groups is 1. The second-order valence-corrected chi connectivity index (χ2v) is 8.02. The molecule has 1 amide bonds. The molecule has 0 saturated carbocycles. The Labute approximate surface area is 189 Å². The molecule has 3 aromatic carbocycles. The lowest BCUT2D eigenvalue weighted by Crippen LogP contribution is -2.28. The summed E-state index contributed by atoms with van der Waals surface area (Å²) in [5, 5.41) is 10.8. The number of phenols is 1. The van der Waals surface area contributed by atoms with Crippen LogP contribution in [0.3, 0.4) is 0 Å². The quantitative estimate of drug-likeness (QED) is 0.466. The zero-order valence-corrected chi connectivity index (χ0v) is 18.2. The summed E-state index contributed by atoms with van der Waals surface area (Å²) in [7, 11) is 0. The fraction of sp³-hybridized carbons (Fsp3) is 0.0833. The molecule has 4 rings (SSSR count). The number of aliphatic imine (C=N–C) groups is 1. The van der Waals surface area contributed by atoms with Crippen LogP contribution in [-0.4, -0.2) is 22.8 Å². The minimum atomic E-state index is -0.187. The second kappa shape index (κ2) is 9.29. The number of aromatic hydroxyl groups is 1. The van der Waals surface area contributed by atoms with E-state index in [1.165, 1.54) is 11.8 Å². The summed E-state index contributed by atoms with van der Waals surface area (Å²) >= 11 is 7.43. The highest BCUT2D eigenvalue weighted by atomic mass is 35.5. The fourth-order valence-electron chi connectivity index (χ4n) is 3.06. The first-order valence-electron chi connectivity index (χ1n) is 9.65. The maximum Gasteiger partial charge on any atom is 0.271 e. The van der Waals surface area contributed by atoms with E-state index in [4.69, 9.17) is 16.3 Å². The van der Waals surface area contributed by atoms with Crippen LogP contribution in [-0.2, 0) is 4.79 Å². The molecule has 1 saturated heterocycles. The van der Waals surface area contributed by atoms with Gasteiger partial charge in [0.25, 0.3) is 5.91 Å². The zero-order valence-electron chi connectivity index (χ0n) is 16.7. The average Bonchev–Trinajstić information content (AvgIpc) is 3.07. The van der Waals surface area contributed by atoms with Gasteiger partial charge in [0.2, 0.25) is 0 Å². The zero-order chi connectivity index (χ0) is 21.8. The Kier molecular flexibility index (Phi) is 6.30. The van der Waals surface area contributed by atoms with E-state index in [2.05, 4.69) is 4.99 Å². The molecule has 0 radical (unpaired) electrons. The molecule has 7 heteroatoms. The van der Waals surface area contributed by atoms with Gasteiger partial charge in [-0.05, 0) is 66.7 Å². The van der Waals surface area contributed by atoms with E-state index >= 15 is 0 Å². The van der Waals surface area contributed by atoms with Crippen molar-refractivity contribution in [1.82, 2.24) is 0 Å². The first kappa shape index (κ1) is 21.0. The van der Waals surface area contributed by atoms with Crippen molar-refractivity contribution in [1.29, 1.82) is 0 Å². The van der Waals surface area contributed by atoms with Crippen LogP contribution >= 0.6 is 23.4 Å². The molecule has 3 aromatic rings. The highest BCUT2D eigenvalue weighted by molar-refractivity contribution is 8.19. The van der Waals surface area contributed by atoms with Crippen molar-refractivity contribution in [2.75, 3.05) is 11.5 Å². The lowest BCUT2D eigenvalue weighted by atomic mass is 10.1. The summed E-state index contributed by atoms with van der Waals surface area (Å²) < 4.78 is 5.45. The van der Waals surface area contributed by atoms with Gasteiger partial charge in [0.1, 0.15) is 0 Å². The van der Waals surface area contributed by atoms with Crippen LogP contribution < -0.4 is 9.64 Å². The van der Waals surface area contributed by atoms with E-state index in [9.17, 15) is 9.90 Å². The molecule has 1 N–H and O–H groups in total. The summed E-state index contributed by atoms with van der Waals surface area (Å²) in [6.07, 6.45) is 1.73. The molecule has 0 unspecified atom stereocenters. The number of rotatable bonds is 5. The molecule has 156 valence electrons. The summed E-state index contributed by atoms with van der Waals surface area (Å²) in [4.78, 5) is 20.1. The van der Waals surface area contributed by atoms with E-state index < -0.39 is 0 Å². The number of hydrogen-bond donors (Lipinski definition) is 1. The molecule has 0 spiro atoms. The minimum Gasteiger partial charge on any atom is -0.503 e. The normalized spacial score (nSPS) is 16.3. The van der Waals surface area contributed by atoms with Crippen molar-refractivity contribution < 1.29 is 14.6 Å². The van der Waals surface area contributed by atoms with Gasteiger partial charge in [0.15, 0.2) is 16.7 Å². The van der Waals surface area contributed by atoms with Crippen LogP contribution in [0.1, 0.15) is 12.5 Å². The van der Waals surface area contributed by atoms with E-state index in [0.29, 0.717) is 22.2 Å². The maximum atomic E-state index is 13.3. The third kappa shape index (κ3) is 4.60. The molecule has 1 aliphatic rings. The van der Waals surface area contributed by atoms with Crippen LogP contribution in [0.5, 0.6) is 11.5 Å². The smallest absolute Gasteiger partial charge is 0.271 e. The number of carbonyl (C=O) groups excluding carboxylic acids is 1. The van der Waals surface area contributed by atoms with Crippen molar-refractivity contribution in [3.63, 3.8) is 0 Å². The monoisotopic (exact) mass is 450 g/mol. The van der Waals surface area contributed by atoms with Gasteiger partial charge in [-0.1, -0.05) is 48.0 Å². The Balaban J connectivity index is 1.76. The van der Waals surface area contributed by atoms with Gasteiger partial charge in [0, 0.05) is 0 Å². The number of anilines is 1. The molecule has 31 heavy (non-hydrogen) atoms. The van der Waals surface area contributed by atoms with Crippen LogP contribution in [0.25, 0.3) is 6.08 Å². The number of ether oxygens (including phenoxy) is 1. The SMILES string of the molecule is CCOc1cc(/C=C2\SC(=Nc3ccccc3)N(c3ccccc3)C2=O)cc(Cl)c1O. The highest BCUT2D eigenvalue weighted by Gasteiger charge is 2.34. The highest BCUT2D eigenvalue weighted by Crippen LogP contribution is 2.40. The summed E-state index contributed by atoms with van der Waals surface area (Å²) in [5.74, 6) is -0.0308. The lowest BCUT2D eigenvalue weighted by molar-refractivity contribution is -0.113. The van der Waals surface area contributed by atoms with Gasteiger partial charge < -0.3 is 9.84 Å². The van der Waals surface area contributed by atoms with E-state index in [1.807, 2.05) is 67.6 Å². The molecule has 1 fully saturated rings. The Morgan fingerprint density at radius 3 is 2.45 bits per heavy atom. The van der Waals surface area contributed by atoms with Gasteiger partial charge in [-0.2, -0.15) is 0 Å². The lowest BCUT2D eigenvalue weighted by Gasteiger charge is -2.15. The number of carbonyl (C=O) groups is 1. The number of phenolic OH excluding ortho intramolecular Hbond substituents is 1. The van der Waals surface area contributed by atoms with Crippen LogP contribution in [0.15, 0.2) is 82.7 Å². The Hall–Kier alpha value is -3.22. The predicted molar refractivity (Wildman–Crippen MR) is 127 cm³/mol. The van der Waals surface area contributed by atoms with Crippen LogP contribution in [0, 0.1) is 0 Å². The second-order valence-electron chi connectivity index (χ2n) is 6.60. The van der Waals surface area contributed by atoms with Crippen molar-refractivity contribution in [3.8, 4) is 11.5 Å². The first-order valence-corrected chi connectivity index (χ1v) is 10.8. The van der Waals surface area contributed by atoms with Crippen LogP contribution in [0.2, 0.25) is 5.02 Å². The molecule has 1 aliphatic heterocycles. The molecule has 0 atom stereocenters. The predicted octanol–water partition coefficient (Wildman–Crippen LogP) is 6.25. The van der Waals surface area contributed by atoms with Gasteiger partial charge >= 0.3 is 0 Å². The minimum absolute atomic E-state index is 0.117. The molecule has 1 heterocycles. The first-order chi connectivity index (χ1) is 15.1. The van der Waals surface area contributed by atoms with E-state index in [-0.39, 0.29) is 22.4 Å². The summed E-state index contributed by atoms with van der Waals surface area (Å²) in [5.41, 5.74) is 2.14. The van der Waals surface area contributed by atoms with Gasteiger partial charge in [-0.25, -0.2) is 4.99 Å². The molecular formula is C24H19ClN2O3S. The number of hydrogen-bond acceptors (Lipinski definition) is 5. The molecule has 5 nitrogen and oxygen atoms in total. The number of thioether (sulfide) groups is 1. The Morgan fingerprint density at radius 1 is 1.10 bits per heavy atom. The third-order valence-electron chi connectivity index (χ3n) is 4.45. The topological polar surface area (TPSA) is 62.1 Å². The fourth-order valence-corrected chi connectivity index (χ4v) is 4.28. The number of nitrogens with zero attached hydrogens (tertiary/aromatic N) is 2. The van der Waals surface area contributed by atoms with Crippen molar-refractivity contribution in [2.45, 2.75) is 6.92 Å². The van der Waals surface area contributed by atoms with E-state index in [1.54, 1.807) is 23.1 Å². The Morgan fingerprint density at radius 2 is 1.77 bits per heavy atom. The number of amides is 1. The Bertz CT molecular complexity index is 1160. The largest absolute Gasteiger partial charge is 0.503 e. The van der Waals surface area contributed by atoms with E-state index in [0.717, 1.165) is 11.4 Å². The maximum absolute atomic E-state index is 13.3. The molecule has 0 aliphatic carbocycles. The van der Waals surface area contributed by atoms with Gasteiger partial charge in [-0.3, -0.25) is 9.69 Å². The summed E-state index contributed by atoms with van der Waals surface area (Å²) in [6.45, 7) is 2.20. The number of benzene rings is 3. The number of halogens is 1.